The van der Waals surface area contributed by atoms with Gasteiger partial charge in [-0.2, -0.15) is 0 Å². The second-order valence-electron chi connectivity index (χ2n) is 6.09. The molecule has 0 aliphatic rings. The van der Waals surface area contributed by atoms with E-state index in [9.17, 15) is 10.1 Å². The van der Waals surface area contributed by atoms with Crippen molar-refractivity contribution in [3.8, 4) is 0 Å². The molecule has 150 valence electrons. The minimum absolute atomic E-state index is 0.240. The van der Waals surface area contributed by atoms with E-state index < -0.39 is 4.92 Å². The summed E-state index contributed by atoms with van der Waals surface area (Å²) in [6, 6.07) is 7.82. The standard InChI is InChI=1S/C19H25Cl3N2O2S/c1-4-6-12-23(13-7-5-2)19(17(24(25)26)16(20)18(21)22)27-15-10-8-14(3)9-11-15/h8-11H,4-7,12-13H2,1-3H3/b19-17+. The van der Waals surface area contributed by atoms with Crippen LogP contribution in [0.2, 0.25) is 0 Å². The zero-order valence-electron chi connectivity index (χ0n) is 15.8. The van der Waals surface area contributed by atoms with Crippen LogP contribution in [0.15, 0.2) is 49.4 Å². The largest absolute Gasteiger partial charge is 0.360 e. The Hall–Kier alpha value is -0.880. The van der Waals surface area contributed by atoms with Crippen LogP contribution in [0.1, 0.15) is 45.1 Å². The summed E-state index contributed by atoms with van der Waals surface area (Å²) in [5, 5.41) is 12.1. The molecule has 0 saturated heterocycles. The first kappa shape index (κ1) is 24.2. The van der Waals surface area contributed by atoms with E-state index in [-0.39, 0.29) is 15.2 Å². The topological polar surface area (TPSA) is 46.4 Å². The number of halogens is 3. The molecule has 0 spiro atoms. The molecule has 4 nitrogen and oxygen atoms in total. The van der Waals surface area contributed by atoms with Crippen molar-refractivity contribution in [3.05, 3.63) is 60.2 Å². The minimum atomic E-state index is -0.505. The van der Waals surface area contributed by atoms with Gasteiger partial charge in [0.05, 0.1) is 4.92 Å². The molecule has 8 heteroatoms. The maximum atomic E-state index is 11.9. The van der Waals surface area contributed by atoms with E-state index >= 15 is 0 Å². The normalized spacial score (nSPS) is 11.8. The van der Waals surface area contributed by atoms with Crippen molar-refractivity contribution in [2.75, 3.05) is 13.1 Å². The number of nitro groups is 1. The van der Waals surface area contributed by atoms with E-state index in [2.05, 4.69) is 13.8 Å². The third-order valence-corrected chi connectivity index (χ3v) is 5.94. The van der Waals surface area contributed by atoms with Crippen LogP contribution in [-0.4, -0.2) is 22.9 Å². The third kappa shape index (κ3) is 7.94. The van der Waals surface area contributed by atoms with Crippen molar-refractivity contribution < 1.29 is 4.92 Å². The molecule has 0 fully saturated rings. The molecule has 1 aromatic rings. The highest BCUT2D eigenvalue weighted by Gasteiger charge is 2.29. The molecule has 0 radical (unpaired) electrons. The van der Waals surface area contributed by atoms with E-state index in [1.165, 1.54) is 11.8 Å². The van der Waals surface area contributed by atoms with E-state index in [1.54, 1.807) is 0 Å². The maximum absolute atomic E-state index is 11.9. The summed E-state index contributed by atoms with van der Waals surface area (Å²) in [6.45, 7) is 7.57. The van der Waals surface area contributed by atoms with Crippen LogP contribution in [0.25, 0.3) is 0 Å². The predicted octanol–water partition coefficient (Wildman–Crippen LogP) is 7.32. The summed E-state index contributed by atoms with van der Waals surface area (Å²) in [7, 11) is 0. The second-order valence-corrected chi connectivity index (χ2v) is 8.48. The van der Waals surface area contributed by atoms with E-state index in [4.69, 9.17) is 34.8 Å². The van der Waals surface area contributed by atoms with Crippen LogP contribution in [-0.2, 0) is 0 Å². The fourth-order valence-electron chi connectivity index (χ4n) is 2.34. The van der Waals surface area contributed by atoms with Crippen LogP contribution in [0, 0.1) is 17.0 Å². The Balaban J connectivity index is 3.50. The molecule has 0 atom stereocenters. The SMILES string of the molecule is CCCCN(CCCC)/C(Sc1ccc(C)cc1)=C(/C(Cl)=C(Cl)Cl)[N+](=O)[O-]. The van der Waals surface area contributed by atoms with Gasteiger partial charge in [-0.15, -0.1) is 0 Å². The van der Waals surface area contributed by atoms with Gasteiger partial charge in [0, 0.05) is 18.0 Å². The van der Waals surface area contributed by atoms with Gasteiger partial charge in [-0.1, -0.05) is 91.0 Å². The fourth-order valence-corrected chi connectivity index (χ4v) is 3.81. The van der Waals surface area contributed by atoms with E-state index in [0.29, 0.717) is 18.1 Å². The molecule has 0 N–H and O–H groups in total. The molecule has 0 aromatic heterocycles. The van der Waals surface area contributed by atoms with Gasteiger partial charge in [0.1, 0.15) is 4.49 Å². The average molecular weight is 452 g/mol. The van der Waals surface area contributed by atoms with Gasteiger partial charge in [-0.25, -0.2) is 0 Å². The molecule has 0 saturated carbocycles. The van der Waals surface area contributed by atoms with Crippen molar-refractivity contribution in [1.29, 1.82) is 0 Å². The lowest BCUT2D eigenvalue weighted by Crippen LogP contribution is -2.27. The average Bonchev–Trinajstić information content (AvgIpc) is 2.62. The van der Waals surface area contributed by atoms with Crippen LogP contribution >= 0.6 is 46.6 Å². The molecular formula is C19H25Cl3N2O2S. The maximum Gasteiger partial charge on any atom is 0.320 e. The number of thioether (sulfide) groups is 1. The third-order valence-electron chi connectivity index (χ3n) is 3.84. The van der Waals surface area contributed by atoms with Gasteiger partial charge in [0.2, 0.25) is 0 Å². The Bertz CT molecular complexity index is 679. The van der Waals surface area contributed by atoms with E-state index in [0.717, 1.165) is 36.1 Å². The molecule has 1 aromatic carbocycles. The molecule has 0 unspecified atom stereocenters. The van der Waals surface area contributed by atoms with Crippen molar-refractivity contribution in [3.63, 3.8) is 0 Å². The summed E-state index contributed by atoms with van der Waals surface area (Å²) in [4.78, 5) is 14.3. The minimum Gasteiger partial charge on any atom is -0.360 e. The first-order valence-corrected chi connectivity index (χ1v) is 10.9. The number of rotatable bonds is 11. The first-order valence-electron chi connectivity index (χ1n) is 8.91. The quantitative estimate of drug-likeness (QED) is 0.153. The highest BCUT2D eigenvalue weighted by Crippen LogP contribution is 2.38. The molecule has 0 heterocycles. The van der Waals surface area contributed by atoms with Crippen LogP contribution < -0.4 is 0 Å². The summed E-state index contributed by atoms with van der Waals surface area (Å²) in [5.74, 6) is 0. The van der Waals surface area contributed by atoms with Crippen molar-refractivity contribution >= 4 is 46.6 Å². The zero-order valence-corrected chi connectivity index (χ0v) is 18.9. The van der Waals surface area contributed by atoms with Crippen LogP contribution in [0.3, 0.4) is 0 Å². The number of hydrogen-bond acceptors (Lipinski definition) is 4. The van der Waals surface area contributed by atoms with Crippen molar-refractivity contribution in [2.24, 2.45) is 0 Å². The zero-order chi connectivity index (χ0) is 20.4. The van der Waals surface area contributed by atoms with Gasteiger partial charge in [-0.05, 0) is 31.9 Å². The number of aryl methyl sites for hydroxylation is 1. The van der Waals surface area contributed by atoms with Gasteiger partial charge in [0.15, 0.2) is 10.1 Å². The lowest BCUT2D eigenvalue weighted by molar-refractivity contribution is -0.421. The Labute approximate surface area is 180 Å². The number of benzene rings is 1. The van der Waals surface area contributed by atoms with Gasteiger partial charge >= 0.3 is 5.70 Å². The summed E-state index contributed by atoms with van der Waals surface area (Å²) >= 11 is 19.1. The predicted molar refractivity (Wildman–Crippen MR) is 117 cm³/mol. The second kappa shape index (κ2) is 12.6. The Morgan fingerprint density at radius 3 is 2.00 bits per heavy atom. The van der Waals surface area contributed by atoms with Gasteiger partial charge < -0.3 is 4.90 Å². The summed E-state index contributed by atoms with van der Waals surface area (Å²) in [5.41, 5.74) is 0.865. The number of nitrogens with zero attached hydrogens (tertiary/aromatic N) is 2. The van der Waals surface area contributed by atoms with Gasteiger partial charge in [0.25, 0.3) is 0 Å². The molecular weight excluding hydrogens is 427 g/mol. The van der Waals surface area contributed by atoms with Gasteiger partial charge in [-0.3, -0.25) is 10.1 Å². The molecule has 0 aliphatic carbocycles. The Kier molecular flexibility index (Phi) is 11.2. The highest BCUT2D eigenvalue weighted by atomic mass is 35.5. The fraction of sp³-hybridized carbons (Fsp3) is 0.474. The highest BCUT2D eigenvalue weighted by molar-refractivity contribution is 8.03. The molecule has 0 bridgehead atoms. The first-order chi connectivity index (χ1) is 12.8. The number of allylic oxidation sites excluding steroid dienone is 1. The van der Waals surface area contributed by atoms with Crippen molar-refractivity contribution in [2.45, 2.75) is 51.3 Å². The van der Waals surface area contributed by atoms with Crippen LogP contribution in [0.5, 0.6) is 0 Å². The smallest absolute Gasteiger partial charge is 0.320 e. The summed E-state index contributed by atoms with van der Waals surface area (Å²) in [6.07, 6.45) is 3.81. The Morgan fingerprint density at radius 1 is 1.07 bits per heavy atom. The molecule has 1 rings (SSSR count). The molecule has 0 amide bonds. The number of hydrogen-bond donors (Lipinski definition) is 0. The molecule has 27 heavy (non-hydrogen) atoms. The van der Waals surface area contributed by atoms with Crippen LogP contribution in [0.4, 0.5) is 0 Å². The Morgan fingerprint density at radius 2 is 1.59 bits per heavy atom. The lowest BCUT2D eigenvalue weighted by Gasteiger charge is -2.26. The lowest BCUT2D eigenvalue weighted by atomic mass is 10.2. The van der Waals surface area contributed by atoms with E-state index in [1.807, 2.05) is 36.1 Å². The monoisotopic (exact) mass is 450 g/mol. The molecule has 0 aliphatic heterocycles. The summed E-state index contributed by atoms with van der Waals surface area (Å²) < 4.78 is -0.309. The van der Waals surface area contributed by atoms with Crippen molar-refractivity contribution in [1.82, 2.24) is 4.90 Å². The number of unbranched alkanes of at least 4 members (excludes halogenated alkanes) is 2.